The fourth-order valence-corrected chi connectivity index (χ4v) is 4.08. The highest BCUT2D eigenvalue weighted by Gasteiger charge is 2.17. The second kappa shape index (κ2) is 8.37. The summed E-state index contributed by atoms with van der Waals surface area (Å²) in [6.45, 7) is 8.20. The van der Waals surface area contributed by atoms with Crippen molar-refractivity contribution in [3.8, 4) is 23.0 Å². The number of aromatic nitrogens is 4. The second-order valence-corrected chi connectivity index (χ2v) is 8.51. The Balaban J connectivity index is 1.46. The van der Waals surface area contributed by atoms with E-state index in [1.54, 1.807) is 0 Å². The van der Waals surface area contributed by atoms with Crippen LogP contribution in [-0.4, -0.2) is 19.7 Å². The molecule has 5 rings (SSSR count). The smallest absolute Gasteiger partial charge is 0.228 e. The van der Waals surface area contributed by atoms with E-state index < -0.39 is 0 Å². The SMILES string of the molecule is Cc1ccc(-n2nc(C)c3c(C)cc(OCc4nc(-c5ccccc5Cl)oc4C)nc32)cc1. The Labute approximate surface area is 196 Å². The quantitative estimate of drug-likeness (QED) is 0.299. The van der Waals surface area contributed by atoms with E-state index in [2.05, 4.69) is 24.0 Å². The second-order valence-electron chi connectivity index (χ2n) is 8.10. The van der Waals surface area contributed by atoms with E-state index >= 15 is 0 Å². The molecule has 0 atom stereocenters. The fraction of sp³-hybridized carbons (Fsp3) is 0.192. The van der Waals surface area contributed by atoms with Gasteiger partial charge in [0.2, 0.25) is 11.8 Å². The lowest BCUT2D eigenvalue weighted by molar-refractivity contribution is 0.288. The zero-order valence-corrected chi connectivity index (χ0v) is 19.6. The number of ether oxygens (including phenoxy) is 1. The van der Waals surface area contributed by atoms with E-state index in [9.17, 15) is 0 Å². The number of hydrogen-bond donors (Lipinski definition) is 0. The maximum atomic E-state index is 6.29. The van der Waals surface area contributed by atoms with Gasteiger partial charge in [0, 0.05) is 11.5 Å². The molecule has 0 aliphatic heterocycles. The molecule has 0 radical (unpaired) electrons. The van der Waals surface area contributed by atoms with Crippen LogP contribution >= 0.6 is 11.6 Å². The standard InChI is InChI=1S/C26H23ClN4O2/c1-15-9-11-19(12-10-15)31-25-24(17(3)30-31)16(2)13-23(29-25)32-14-22-18(4)33-26(28-22)20-7-5-6-8-21(20)27/h5-13H,14H2,1-4H3. The molecule has 0 bridgehead atoms. The average Bonchev–Trinajstić information content (AvgIpc) is 3.33. The maximum absolute atomic E-state index is 6.29. The fourth-order valence-electron chi connectivity index (χ4n) is 3.87. The molecule has 0 aliphatic carbocycles. The first kappa shape index (κ1) is 21.2. The lowest BCUT2D eigenvalue weighted by atomic mass is 10.1. The summed E-state index contributed by atoms with van der Waals surface area (Å²) >= 11 is 6.29. The molecular formula is C26H23ClN4O2. The number of pyridine rings is 1. The Bertz CT molecular complexity index is 1470. The van der Waals surface area contributed by atoms with Crippen molar-refractivity contribution in [1.29, 1.82) is 0 Å². The molecule has 166 valence electrons. The van der Waals surface area contributed by atoms with Crippen LogP contribution in [0.1, 0.15) is 28.3 Å². The highest BCUT2D eigenvalue weighted by atomic mass is 35.5. The maximum Gasteiger partial charge on any atom is 0.228 e. The molecule has 5 aromatic rings. The first-order chi connectivity index (χ1) is 15.9. The first-order valence-electron chi connectivity index (χ1n) is 10.7. The third kappa shape index (κ3) is 3.98. The van der Waals surface area contributed by atoms with E-state index in [0.717, 1.165) is 33.5 Å². The van der Waals surface area contributed by atoms with Crippen LogP contribution in [0.3, 0.4) is 0 Å². The molecule has 6 nitrogen and oxygen atoms in total. The van der Waals surface area contributed by atoms with Crippen LogP contribution in [0, 0.1) is 27.7 Å². The van der Waals surface area contributed by atoms with Crippen LogP contribution in [0.2, 0.25) is 5.02 Å². The number of benzene rings is 2. The zero-order valence-electron chi connectivity index (χ0n) is 18.9. The van der Waals surface area contributed by atoms with Crippen molar-refractivity contribution in [3.05, 3.63) is 87.9 Å². The normalized spacial score (nSPS) is 11.3. The summed E-state index contributed by atoms with van der Waals surface area (Å²) in [5.74, 6) is 1.67. The minimum Gasteiger partial charge on any atom is -0.471 e. The van der Waals surface area contributed by atoms with Gasteiger partial charge in [0.05, 0.1) is 22.0 Å². The summed E-state index contributed by atoms with van der Waals surface area (Å²) in [4.78, 5) is 9.37. The Hall–Kier alpha value is -3.64. The van der Waals surface area contributed by atoms with Gasteiger partial charge in [-0.05, 0) is 57.5 Å². The van der Waals surface area contributed by atoms with Gasteiger partial charge < -0.3 is 9.15 Å². The molecule has 3 heterocycles. The van der Waals surface area contributed by atoms with Crippen molar-refractivity contribution in [2.75, 3.05) is 0 Å². The predicted molar refractivity (Wildman–Crippen MR) is 129 cm³/mol. The minimum atomic E-state index is 0.232. The molecular weight excluding hydrogens is 436 g/mol. The lowest BCUT2D eigenvalue weighted by Gasteiger charge is -2.08. The lowest BCUT2D eigenvalue weighted by Crippen LogP contribution is -2.02. The third-order valence-corrected chi connectivity index (χ3v) is 5.95. The van der Waals surface area contributed by atoms with Gasteiger partial charge in [0.1, 0.15) is 18.1 Å². The van der Waals surface area contributed by atoms with Crippen LogP contribution in [0.25, 0.3) is 28.2 Å². The van der Waals surface area contributed by atoms with E-state index in [1.165, 1.54) is 5.56 Å². The van der Waals surface area contributed by atoms with Gasteiger partial charge >= 0.3 is 0 Å². The molecule has 2 aromatic carbocycles. The summed E-state index contributed by atoms with van der Waals surface area (Å²) in [5, 5.41) is 6.35. The van der Waals surface area contributed by atoms with Crippen molar-refractivity contribution in [3.63, 3.8) is 0 Å². The number of nitrogens with zero attached hydrogens (tertiary/aromatic N) is 4. The van der Waals surface area contributed by atoms with Gasteiger partial charge in [-0.15, -0.1) is 0 Å². The molecule has 0 amide bonds. The van der Waals surface area contributed by atoms with Gasteiger partial charge in [-0.2, -0.15) is 10.1 Å². The molecule has 0 N–H and O–H groups in total. The van der Waals surface area contributed by atoms with E-state index in [1.807, 2.05) is 67.9 Å². The van der Waals surface area contributed by atoms with Crippen LogP contribution in [0.5, 0.6) is 5.88 Å². The Morgan fingerprint density at radius 3 is 2.48 bits per heavy atom. The van der Waals surface area contributed by atoms with Crippen LogP contribution in [0.15, 0.2) is 59.0 Å². The molecule has 7 heteroatoms. The van der Waals surface area contributed by atoms with Crippen molar-refractivity contribution in [2.24, 2.45) is 0 Å². The number of aryl methyl sites for hydroxylation is 4. The molecule has 0 fully saturated rings. The molecule has 0 saturated carbocycles. The molecule has 33 heavy (non-hydrogen) atoms. The summed E-state index contributed by atoms with van der Waals surface area (Å²) in [5.41, 5.74) is 6.35. The van der Waals surface area contributed by atoms with Gasteiger partial charge in [0.15, 0.2) is 5.65 Å². The van der Waals surface area contributed by atoms with Crippen LogP contribution in [0.4, 0.5) is 0 Å². The number of hydrogen-bond acceptors (Lipinski definition) is 5. The molecule has 0 spiro atoms. The van der Waals surface area contributed by atoms with Gasteiger partial charge in [-0.1, -0.05) is 41.4 Å². The average molecular weight is 459 g/mol. The summed E-state index contributed by atoms with van der Waals surface area (Å²) < 4.78 is 13.8. The topological polar surface area (TPSA) is 66.0 Å². The zero-order chi connectivity index (χ0) is 23.1. The Kier molecular flexibility index (Phi) is 5.38. The minimum absolute atomic E-state index is 0.232. The molecule has 3 aromatic heterocycles. The molecule has 0 saturated heterocycles. The highest BCUT2D eigenvalue weighted by molar-refractivity contribution is 6.33. The molecule has 0 aliphatic rings. The molecule has 0 unspecified atom stereocenters. The van der Waals surface area contributed by atoms with Crippen molar-refractivity contribution >= 4 is 22.6 Å². The summed E-state index contributed by atoms with van der Waals surface area (Å²) in [6.07, 6.45) is 0. The predicted octanol–water partition coefficient (Wildman–Crippen LogP) is 6.54. The summed E-state index contributed by atoms with van der Waals surface area (Å²) in [6, 6.07) is 17.6. The largest absolute Gasteiger partial charge is 0.471 e. The Morgan fingerprint density at radius 1 is 0.970 bits per heavy atom. The Morgan fingerprint density at radius 2 is 1.73 bits per heavy atom. The van der Waals surface area contributed by atoms with E-state index in [4.69, 9.17) is 30.8 Å². The van der Waals surface area contributed by atoms with Crippen LogP contribution < -0.4 is 4.74 Å². The van der Waals surface area contributed by atoms with Crippen LogP contribution in [-0.2, 0) is 6.61 Å². The van der Waals surface area contributed by atoms with Gasteiger partial charge in [-0.25, -0.2) is 9.67 Å². The van der Waals surface area contributed by atoms with Crippen molar-refractivity contribution < 1.29 is 9.15 Å². The van der Waals surface area contributed by atoms with E-state index in [-0.39, 0.29) is 6.61 Å². The third-order valence-electron chi connectivity index (χ3n) is 5.62. The van der Waals surface area contributed by atoms with Crippen molar-refractivity contribution in [2.45, 2.75) is 34.3 Å². The monoisotopic (exact) mass is 458 g/mol. The number of rotatable bonds is 5. The number of halogens is 1. The summed E-state index contributed by atoms with van der Waals surface area (Å²) in [7, 11) is 0. The number of oxazole rings is 1. The number of fused-ring (bicyclic) bond motifs is 1. The van der Waals surface area contributed by atoms with Crippen molar-refractivity contribution in [1.82, 2.24) is 19.7 Å². The van der Waals surface area contributed by atoms with Gasteiger partial charge in [-0.3, -0.25) is 0 Å². The first-order valence-corrected chi connectivity index (χ1v) is 11.1. The highest BCUT2D eigenvalue weighted by Crippen LogP contribution is 2.30. The van der Waals surface area contributed by atoms with Gasteiger partial charge in [0.25, 0.3) is 0 Å². The van der Waals surface area contributed by atoms with E-state index in [0.29, 0.717) is 28.2 Å².